The van der Waals surface area contributed by atoms with Crippen LogP contribution in [0.3, 0.4) is 0 Å². The molecule has 132 valence electrons. The second-order valence-electron chi connectivity index (χ2n) is 6.45. The van der Waals surface area contributed by atoms with E-state index in [1.807, 2.05) is 13.8 Å². The van der Waals surface area contributed by atoms with Crippen molar-refractivity contribution >= 4 is 5.91 Å². The molecule has 0 radical (unpaired) electrons. The Hall–Kier alpha value is -2.44. The molecule has 1 aromatic heterocycles. The van der Waals surface area contributed by atoms with E-state index in [-0.39, 0.29) is 17.4 Å². The Bertz CT molecular complexity index is 767. The molecule has 0 bridgehead atoms. The molecule has 1 atom stereocenters. The first-order valence-corrected chi connectivity index (χ1v) is 8.01. The van der Waals surface area contributed by atoms with Gasteiger partial charge in [-0.15, -0.1) is 0 Å². The molecule has 25 heavy (non-hydrogen) atoms. The quantitative estimate of drug-likeness (QED) is 0.830. The number of hydrogen-bond donors (Lipinski definition) is 0. The summed E-state index contributed by atoms with van der Waals surface area (Å²) in [7, 11) is 0. The summed E-state index contributed by atoms with van der Waals surface area (Å²) in [5, 5.41) is 0. The summed E-state index contributed by atoms with van der Waals surface area (Å²) in [5.41, 5.74) is 3.62. The van der Waals surface area contributed by atoms with Crippen molar-refractivity contribution in [3.8, 4) is 0 Å². The fourth-order valence-corrected chi connectivity index (χ4v) is 3.23. The molecule has 7 heteroatoms. The van der Waals surface area contributed by atoms with E-state index in [0.717, 1.165) is 18.8 Å². The lowest BCUT2D eigenvalue weighted by Gasteiger charge is -2.17. The van der Waals surface area contributed by atoms with Crippen LogP contribution < -0.4 is 0 Å². The average molecular weight is 349 g/mol. The van der Waals surface area contributed by atoms with Crippen LogP contribution >= 0.6 is 0 Å². The first-order valence-electron chi connectivity index (χ1n) is 8.01. The van der Waals surface area contributed by atoms with Gasteiger partial charge in [0.15, 0.2) is 0 Å². The first kappa shape index (κ1) is 17.4. The number of rotatable bonds is 2. The van der Waals surface area contributed by atoms with Crippen molar-refractivity contribution in [1.29, 1.82) is 0 Å². The first-order chi connectivity index (χ1) is 11.7. The molecule has 0 N–H and O–H groups in total. The number of likely N-dealkylation sites (tertiary alicyclic amines) is 1. The van der Waals surface area contributed by atoms with Gasteiger partial charge >= 0.3 is 6.18 Å². The lowest BCUT2D eigenvalue weighted by atomic mass is 9.95. The van der Waals surface area contributed by atoms with Gasteiger partial charge in [0, 0.05) is 31.4 Å². The highest BCUT2D eigenvalue weighted by molar-refractivity contribution is 5.93. The molecule has 1 unspecified atom stereocenters. The van der Waals surface area contributed by atoms with Gasteiger partial charge in [-0.25, -0.2) is 9.97 Å². The van der Waals surface area contributed by atoms with Crippen LogP contribution in [0, 0.1) is 13.8 Å². The summed E-state index contributed by atoms with van der Waals surface area (Å²) < 4.78 is 37.5. The van der Waals surface area contributed by atoms with Crippen molar-refractivity contribution in [3.05, 3.63) is 58.7 Å². The van der Waals surface area contributed by atoms with Crippen molar-refractivity contribution < 1.29 is 18.0 Å². The topological polar surface area (TPSA) is 46.1 Å². The predicted octanol–water partition coefficient (Wildman–Crippen LogP) is 3.74. The van der Waals surface area contributed by atoms with E-state index in [9.17, 15) is 18.0 Å². The predicted molar refractivity (Wildman–Crippen MR) is 86.2 cm³/mol. The number of hydrogen-bond acceptors (Lipinski definition) is 3. The number of aryl methyl sites for hydroxylation is 2. The van der Waals surface area contributed by atoms with Crippen molar-refractivity contribution in [2.45, 2.75) is 32.4 Å². The van der Waals surface area contributed by atoms with E-state index in [0.29, 0.717) is 13.1 Å². The van der Waals surface area contributed by atoms with E-state index in [1.54, 1.807) is 4.90 Å². The minimum Gasteiger partial charge on any atom is -0.338 e. The number of aromatic nitrogens is 2. The summed E-state index contributed by atoms with van der Waals surface area (Å²) in [6.07, 6.45) is -1.88. The highest BCUT2D eigenvalue weighted by Crippen LogP contribution is 2.30. The smallest absolute Gasteiger partial charge is 0.338 e. The van der Waals surface area contributed by atoms with Gasteiger partial charge in [-0.3, -0.25) is 4.79 Å². The number of amides is 1. The van der Waals surface area contributed by atoms with Crippen LogP contribution in [0.2, 0.25) is 0 Å². The zero-order valence-corrected chi connectivity index (χ0v) is 14.0. The minimum atomic E-state index is -4.61. The third kappa shape index (κ3) is 3.81. The number of carbonyl (C=O) groups excluding carboxylic acids is 1. The van der Waals surface area contributed by atoms with Crippen LogP contribution in [0.1, 0.15) is 45.2 Å². The van der Waals surface area contributed by atoms with E-state index in [1.165, 1.54) is 16.7 Å². The van der Waals surface area contributed by atoms with E-state index in [2.05, 4.69) is 28.2 Å². The van der Waals surface area contributed by atoms with Crippen molar-refractivity contribution in [1.82, 2.24) is 14.9 Å². The molecule has 1 aromatic carbocycles. The van der Waals surface area contributed by atoms with Crippen molar-refractivity contribution in [3.63, 3.8) is 0 Å². The molecule has 4 nitrogen and oxygen atoms in total. The highest BCUT2D eigenvalue weighted by Gasteiger charge is 2.35. The summed E-state index contributed by atoms with van der Waals surface area (Å²) in [5.74, 6) is -1.34. The second kappa shape index (κ2) is 6.46. The zero-order valence-electron chi connectivity index (χ0n) is 14.0. The Morgan fingerprint density at radius 3 is 2.28 bits per heavy atom. The average Bonchev–Trinajstić information content (AvgIpc) is 3.02. The molecule has 1 amide bonds. The van der Waals surface area contributed by atoms with E-state index in [4.69, 9.17) is 0 Å². The van der Waals surface area contributed by atoms with Gasteiger partial charge in [0.05, 0.1) is 5.56 Å². The molecule has 1 fully saturated rings. The third-order valence-corrected chi connectivity index (χ3v) is 4.34. The lowest BCUT2D eigenvalue weighted by Crippen LogP contribution is -2.29. The molecule has 2 aromatic rings. The van der Waals surface area contributed by atoms with Gasteiger partial charge < -0.3 is 4.90 Å². The molecule has 3 rings (SSSR count). The molecule has 1 aliphatic rings. The molecule has 0 saturated carbocycles. The fourth-order valence-electron chi connectivity index (χ4n) is 3.23. The Labute approximate surface area is 143 Å². The number of nitrogens with zero attached hydrogens (tertiary/aromatic N) is 3. The number of benzene rings is 1. The maximum Gasteiger partial charge on any atom is 0.451 e. The maximum absolute atomic E-state index is 12.5. The Kier molecular flexibility index (Phi) is 4.49. The second-order valence-corrected chi connectivity index (χ2v) is 6.45. The molecule has 0 aliphatic carbocycles. The summed E-state index contributed by atoms with van der Waals surface area (Å²) in [4.78, 5) is 20.6. The molecule has 0 spiro atoms. The Balaban J connectivity index is 1.72. The number of halogens is 3. The van der Waals surface area contributed by atoms with Crippen LogP contribution in [0.25, 0.3) is 0 Å². The lowest BCUT2D eigenvalue weighted by molar-refractivity contribution is -0.145. The summed E-state index contributed by atoms with van der Waals surface area (Å²) >= 11 is 0. The normalized spacial score (nSPS) is 17.8. The molecule has 1 saturated heterocycles. The Morgan fingerprint density at radius 2 is 1.72 bits per heavy atom. The van der Waals surface area contributed by atoms with Gasteiger partial charge in [-0.05, 0) is 25.8 Å². The zero-order chi connectivity index (χ0) is 18.2. The number of carbonyl (C=O) groups is 1. The van der Waals surface area contributed by atoms with Gasteiger partial charge in [-0.1, -0.05) is 29.3 Å². The minimum absolute atomic E-state index is 0.0778. The van der Waals surface area contributed by atoms with Crippen LogP contribution in [0.15, 0.2) is 30.6 Å². The van der Waals surface area contributed by atoms with Crippen LogP contribution in [-0.4, -0.2) is 33.9 Å². The van der Waals surface area contributed by atoms with E-state index < -0.39 is 12.0 Å². The van der Waals surface area contributed by atoms with Crippen molar-refractivity contribution in [2.24, 2.45) is 0 Å². The highest BCUT2D eigenvalue weighted by atomic mass is 19.4. The molecular formula is C18H18F3N3O. The fraction of sp³-hybridized carbons (Fsp3) is 0.389. The molecule has 1 aliphatic heterocycles. The molecular weight excluding hydrogens is 331 g/mol. The van der Waals surface area contributed by atoms with Gasteiger partial charge in [0.2, 0.25) is 5.82 Å². The van der Waals surface area contributed by atoms with Gasteiger partial charge in [0.25, 0.3) is 5.91 Å². The molecule has 2 heterocycles. The van der Waals surface area contributed by atoms with Crippen molar-refractivity contribution in [2.75, 3.05) is 13.1 Å². The monoisotopic (exact) mass is 349 g/mol. The van der Waals surface area contributed by atoms with E-state index >= 15 is 0 Å². The summed E-state index contributed by atoms with van der Waals surface area (Å²) in [6, 6.07) is 6.33. The summed E-state index contributed by atoms with van der Waals surface area (Å²) in [6.45, 7) is 5.18. The number of alkyl halides is 3. The standard InChI is InChI=1S/C18H18F3N3O/c1-11-5-12(2)7-14(6-11)13-3-4-24(10-13)16(25)15-8-22-17(23-9-15)18(19,20)21/h5-9,13H,3-4,10H2,1-2H3. The third-order valence-electron chi connectivity index (χ3n) is 4.34. The maximum atomic E-state index is 12.5. The van der Waals surface area contributed by atoms with Gasteiger partial charge in [-0.2, -0.15) is 13.2 Å². The van der Waals surface area contributed by atoms with Gasteiger partial charge in [0.1, 0.15) is 0 Å². The largest absolute Gasteiger partial charge is 0.451 e. The van der Waals surface area contributed by atoms with Crippen LogP contribution in [0.5, 0.6) is 0 Å². The van der Waals surface area contributed by atoms with Crippen LogP contribution in [-0.2, 0) is 6.18 Å². The SMILES string of the molecule is Cc1cc(C)cc(C2CCN(C(=O)c3cnc(C(F)(F)F)nc3)C2)c1. The Morgan fingerprint density at radius 1 is 1.12 bits per heavy atom. The van der Waals surface area contributed by atoms with Crippen LogP contribution in [0.4, 0.5) is 13.2 Å².